The van der Waals surface area contributed by atoms with Crippen LogP contribution in [0.5, 0.6) is 0 Å². The van der Waals surface area contributed by atoms with Gasteiger partial charge in [-0.15, -0.1) is 0 Å². The first kappa shape index (κ1) is 12.0. The summed E-state index contributed by atoms with van der Waals surface area (Å²) >= 11 is 0. The smallest absolute Gasteiger partial charge is 0.0827 e. The van der Waals surface area contributed by atoms with Gasteiger partial charge in [0.15, 0.2) is 0 Å². The van der Waals surface area contributed by atoms with E-state index in [1.807, 2.05) is 30.3 Å². The molecule has 1 aromatic carbocycles. The number of aliphatic hydroxyl groups is 1. The van der Waals surface area contributed by atoms with Crippen molar-refractivity contribution in [1.29, 1.82) is 0 Å². The van der Waals surface area contributed by atoms with Gasteiger partial charge in [0.25, 0.3) is 0 Å². The maximum atomic E-state index is 9.93. The van der Waals surface area contributed by atoms with E-state index >= 15 is 0 Å². The second kappa shape index (κ2) is 6.41. The van der Waals surface area contributed by atoms with Gasteiger partial charge in [-0.25, -0.2) is 0 Å². The Morgan fingerprint density at radius 1 is 1.33 bits per heavy atom. The fraction of sp³-hybridized carbons (Fsp3) is 0.429. The molecule has 0 amide bonds. The average Bonchev–Trinajstić information content (AvgIpc) is 2.27. The minimum atomic E-state index is -0.393. The molecule has 0 saturated heterocycles. The van der Waals surface area contributed by atoms with Crippen LogP contribution in [-0.4, -0.2) is 5.11 Å². The van der Waals surface area contributed by atoms with E-state index in [0.29, 0.717) is 6.42 Å². The summed E-state index contributed by atoms with van der Waals surface area (Å²) in [5, 5.41) is 9.93. The van der Waals surface area contributed by atoms with Crippen molar-refractivity contribution >= 4 is 0 Å². The first-order chi connectivity index (χ1) is 7.24. The molecule has 1 unspecified atom stereocenters. The van der Waals surface area contributed by atoms with Crippen molar-refractivity contribution in [3.8, 4) is 0 Å². The summed E-state index contributed by atoms with van der Waals surface area (Å²) in [7, 11) is 0. The molecular formula is C14H20O. The van der Waals surface area contributed by atoms with Crippen LogP contribution in [0, 0.1) is 0 Å². The summed E-state index contributed by atoms with van der Waals surface area (Å²) in [6, 6.07) is 9.78. The lowest BCUT2D eigenvalue weighted by atomic mass is 9.99. The van der Waals surface area contributed by atoms with E-state index in [-0.39, 0.29) is 0 Å². The predicted molar refractivity (Wildman–Crippen MR) is 64.7 cm³/mol. The highest BCUT2D eigenvalue weighted by atomic mass is 16.3. The van der Waals surface area contributed by atoms with Crippen LogP contribution < -0.4 is 0 Å². The van der Waals surface area contributed by atoms with Gasteiger partial charge in [0.2, 0.25) is 0 Å². The van der Waals surface area contributed by atoms with E-state index in [4.69, 9.17) is 0 Å². The van der Waals surface area contributed by atoms with E-state index in [2.05, 4.69) is 13.5 Å². The Morgan fingerprint density at radius 2 is 2.00 bits per heavy atom. The van der Waals surface area contributed by atoms with Gasteiger partial charge in [-0.3, -0.25) is 0 Å². The molecule has 1 atom stereocenters. The SMILES string of the molecule is C=C(CCCC)CC(O)c1ccccc1. The maximum absolute atomic E-state index is 9.93. The molecule has 0 radical (unpaired) electrons. The highest BCUT2D eigenvalue weighted by Gasteiger charge is 2.07. The van der Waals surface area contributed by atoms with Crippen LogP contribution in [0.15, 0.2) is 42.5 Å². The average molecular weight is 204 g/mol. The second-order valence-electron chi connectivity index (χ2n) is 3.98. The van der Waals surface area contributed by atoms with Crippen molar-refractivity contribution in [3.63, 3.8) is 0 Å². The molecule has 1 nitrogen and oxygen atoms in total. The van der Waals surface area contributed by atoms with Crippen LogP contribution in [0.3, 0.4) is 0 Å². The normalized spacial score (nSPS) is 12.4. The van der Waals surface area contributed by atoms with Gasteiger partial charge in [-0.1, -0.05) is 55.8 Å². The predicted octanol–water partition coefficient (Wildman–Crippen LogP) is 3.86. The Labute approximate surface area is 92.5 Å². The van der Waals surface area contributed by atoms with Crippen LogP contribution >= 0.6 is 0 Å². The molecule has 0 fully saturated rings. The molecular weight excluding hydrogens is 184 g/mol. The number of hydrogen-bond donors (Lipinski definition) is 1. The molecule has 0 bridgehead atoms. The quantitative estimate of drug-likeness (QED) is 0.698. The molecule has 0 heterocycles. The van der Waals surface area contributed by atoms with Crippen LogP contribution in [0.4, 0.5) is 0 Å². The molecule has 0 spiro atoms. The van der Waals surface area contributed by atoms with E-state index in [1.54, 1.807) is 0 Å². The summed E-state index contributed by atoms with van der Waals surface area (Å²) in [5.41, 5.74) is 2.13. The topological polar surface area (TPSA) is 20.2 Å². The van der Waals surface area contributed by atoms with E-state index in [9.17, 15) is 5.11 Å². The highest BCUT2D eigenvalue weighted by molar-refractivity contribution is 5.18. The standard InChI is InChI=1S/C14H20O/c1-3-4-8-12(2)11-14(15)13-9-6-5-7-10-13/h5-7,9-10,14-15H,2-4,8,11H2,1H3. The zero-order valence-corrected chi connectivity index (χ0v) is 9.45. The number of hydrogen-bond acceptors (Lipinski definition) is 1. The van der Waals surface area contributed by atoms with Crippen molar-refractivity contribution < 1.29 is 5.11 Å². The molecule has 1 aromatic rings. The van der Waals surface area contributed by atoms with Gasteiger partial charge in [-0.2, -0.15) is 0 Å². The lowest BCUT2D eigenvalue weighted by molar-refractivity contribution is 0.177. The minimum absolute atomic E-state index is 0.393. The summed E-state index contributed by atoms with van der Waals surface area (Å²) in [6.45, 7) is 6.17. The minimum Gasteiger partial charge on any atom is -0.388 e. The van der Waals surface area contributed by atoms with Crippen LogP contribution in [0.1, 0.15) is 44.3 Å². The number of rotatable bonds is 6. The molecule has 0 aliphatic carbocycles. The zero-order chi connectivity index (χ0) is 11.1. The van der Waals surface area contributed by atoms with E-state index in [0.717, 1.165) is 17.6 Å². The summed E-state index contributed by atoms with van der Waals surface area (Å²) in [4.78, 5) is 0. The van der Waals surface area contributed by atoms with Gasteiger partial charge in [0.1, 0.15) is 0 Å². The Hall–Kier alpha value is -1.08. The number of unbranched alkanes of at least 4 members (excludes halogenated alkanes) is 1. The maximum Gasteiger partial charge on any atom is 0.0827 e. The summed E-state index contributed by atoms with van der Waals surface area (Å²) in [6.07, 6.45) is 3.67. The summed E-state index contributed by atoms with van der Waals surface area (Å²) < 4.78 is 0. The third-order valence-electron chi connectivity index (χ3n) is 2.55. The van der Waals surface area contributed by atoms with Crippen LogP contribution in [0.25, 0.3) is 0 Å². The van der Waals surface area contributed by atoms with Crippen molar-refractivity contribution in [1.82, 2.24) is 0 Å². The van der Waals surface area contributed by atoms with Crippen molar-refractivity contribution in [2.75, 3.05) is 0 Å². The zero-order valence-electron chi connectivity index (χ0n) is 9.45. The van der Waals surface area contributed by atoms with Gasteiger partial charge < -0.3 is 5.11 Å². The molecule has 0 aliphatic rings. The van der Waals surface area contributed by atoms with Crippen molar-refractivity contribution in [2.45, 2.75) is 38.7 Å². The largest absolute Gasteiger partial charge is 0.388 e. The van der Waals surface area contributed by atoms with Crippen LogP contribution in [-0.2, 0) is 0 Å². The first-order valence-corrected chi connectivity index (χ1v) is 5.63. The van der Waals surface area contributed by atoms with Crippen molar-refractivity contribution in [2.24, 2.45) is 0 Å². The van der Waals surface area contributed by atoms with Crippen LogP contribution in [0.2, 0.25) is 0 Å². The van der Waals surface area contributed by atoms with Gasteiger partial charge in [0.05, 0.1) is 6.10 Å². The molecule has 15 heavy (non-hydrogen) atoms. The molecule has 0 aromatic heterocycles. The number of aliphatic hydroxyl groups excluding tert-OH is 1. The molecule has 1 rings (SSSR count). The monoisotopic (exact) mass is 204 g/mol. The lowest BCUT2D eigenvalue weighted by Gasteiger charge is -2.12. The molecule has 0 saturated carbocycles. The third-order valence-corrected chi connectivity index (χ3v) is 2.55. The molecule has 82 valence electrons. The lowest BCUT2D eigenvalue weighted by Crippen LogP contribution is -1.98. The third kappa shape index (κ3) is 4.30. The van der Waals surface area contributed by atoms with Gasteiger partial charge in [0, 0.05) is 0 Å². The highest BCUT2D eigenvalue weighted by Crippen LogP contribution is 2.22. The fourth-order valence-electron chi connectivity index (χ4n) is 1.60. The molecule has 1 N–H and O–H groups in total. The fourth-order valence-corrected chi connectivity index (χ4v) is 1.60. The van der Waals surface area contributed by atoms with E-state index < -0.39 is 6.10 Å². The molecule has 0 aliphatic heterocycles. The first-order valence-electron chi connectivity index (χ1n) is 5.63. The number of benzene rings is 1. The Bertz CT molecular complexity index is 289. The van der Waals surface area contributed by atoms with E-state index in [1.165, 1.54) is 12.8 Å². The Morgan fingerprint density at radius 3 is 2.60 bits per heavy atom. The van der Waals surface area contributed by atoms with Gasteiger partial charge in [-0.05, 0) is 24.8 Å². The molecule has 1 heteroatoms. The second-order valence-corrected chi connectivity index (χ2v) is 3.98. The van der Waals surface area contributed by atoms with Crippen molar-refractivity contribution in [3.05, 3.63) is 48.0 Å². The van der Waals surface area contributed by atoms with Gasteiger partial charge >= 0.3 is 0 Å². The Balaban J connectivity index is 2.42. The Kier molecular flexibility index (Phi) is 5.13. The summed E-state index contributed by atoms with van der Waals surface area (Å²) in [5.74, 6) is 0.